The zero-order chi connectivity index (χ0) is 11.3. The molecule has 1 aromatic rings. The van der Waals surface area contributed by atoms with E-state index in [2.05, 4.69) is 22.6 Å². The van der Waals surface area contributed by atoms with E-state index in [0.29, 0.717) is 6.04 Å². The van der Waals surface area contributed by atoms with E-state index >= 15 is 0 Å². The van der Waals surface area contributed by atoms with E-state index in [0.717, 1.165) is 18.5 Å². The van der Waals surface area contributed by atoms with Crippen molar-refractivity contribution in [2.75, 3.05) is 14.2 Å². The second kappa shape index (κ2) is 5.82. The Morgan fingerprint density at radius 3 is 2.80 bits per heavy atom. The van der Waals surface area contributed by atoms with Gasteiger partial charge in [0.15, 0.2) is 0 Å². The first kappa shape index (κ1) is 12.1. The third-order valence-corrected chi connectivity index (χ3v) is 2.53. The standard InChI is InChI=1S/C10H20N4O/c1-8(15-4)5-9(11-2)6-10-7-14(3)13-12-10/h7-9,11H,5-6H2,1-4H3. The molecule has 15 heavy (non-hydrogen) atoms. The van der Waals surface area contributed by atoms with E-state index in [1.54, 1.807) is 11.8 Å². The fourth-order valence-corrected chi connectivity index (χ4v) is 1.54. The van der Waals surface area contributed by atoms with Crippen molar-refractivity contribution in [3.63, 3.8) is 0 Å². The molecule has 0 aromatic carbocycles. The fourth-order valence-electron chi connectivity index (χ4n) is 1.54. The van der Waals surface area contributed by atoms with E-state index in [9.17, 15) is 0 Å². The summed E-state index contributed by atoms with van der Waals surface area (Å²) in [6.07, 6.45) is 4.07. The third-order valence-electron chi connectivity index (χ3n) is 2.53. The van der Waals surface area contributed by atoms with Crippen LogP contribution in [0.15, 0.2) is 6.20 Å². The normalized spacial score (nSPS) is 15.2. The van der Waals surface area contributed by atoms with Crippen LogP contribution >= 0.6 is 0 Å². The Labute approximate surface area is 90.8 Å². The first-order valence-electron chi connectivity index (χ1n) is 5.21. The topological polar surface area (TPSA) is 52.0 Å². The molecule has 5 nitrogen and oxygen atoms in total. The highest BCUT2D eigenvalue weighted by Gasteiger charge is 2.13. The van der Waals surface area contributed by atoms with Gasteiger partial charge in [0, 0.05) is 32.8 Å². The predicted octanol–water partition coefficient (Wildman–Crippen LogP) is 0.371. The van der Waals surface area contributed by atoms with Crippen LogP contribution in [0.2, 0.25) is 0 Å². The molecule has 1 N–H and O–H groups in total. The van der Waals surface area contributed by atoms with Crippen LogP contribution in [0.3, 0.4) is 0 Å². The van der Waals surface area contributed by atoms with E-state index in [1.807, 2.05) is 20.3 Å². The first-order chi connectivity index (χ1) is 7.15. The van der Waals surface area contributed by atoms with Gasteiger partial charge in [0.25, 0.3) is 0 Å². The van der Waals surface area contributed by atoms with Gasteiger partial charge in [0.2, 0.25) is 0 Å². The highest BCUT2D eigenvalue weighted by Crippen LogP contribution is 2.06. The van der Waals surface area contributed by atoms with Crippen LogP contribution in [-0.4, -0.2) is 41.3 Å². The zero-order valence-corrected chi connectivity index (χ0v) is 9.90. The maximum absolute atomic E-state index is 5.24. The lowest BCUT2D eigenvalue weighted by atomic mass is 10.1. The lowest BCUT2D eigenvalue weighted by molar-refractivity contribution is 0.101. The summed E-state index contributed by atoms with van der Waals surface area (Å²) < 4.78 is 6.97. The van der Waals surface area contributed by atoms with Gasteiger partial charge in [-0.05, 0) is 20.4 Å². The number of aryl methyl sites for hydroxylation is 1. The Morgan fingerprint density at radius 1 is 1.60 bits per heavy atom. The number of ether oxygens (including phenoxy) is 1. The minimum atomic E-state index is 0.263. The van der Waals surface area contributed by atoms with Gasteiger partial charge in [0.1, 0.15) is 0 Å². The van der Waals surface area contributed by atoms with E-state index in [-0.39, 0.29) is 6.10 Å². The average molecular weight is 212 g/mol. The van der Waals surface area contributed by atoms with Crippen LogP contribution in [0.4, 0.5) is 0 Å². The van der Waals surface area contributed by atoms with Crippen molar-refractivity contribution in [2.45, 2.75) is 31.9 Å². The summed E-state index contributed by atoms with van der Waals surface area (Å²) in [6, 6.07) is 0.386. The van der Waals surface area contributed by atoms with Crippen molar-refractivity contribution in [3.05, 3.63) is 11.9 Å². The Kier molecular flexibility index (Phi) is 4.71. The molecule has 0 amide bonds. The van der Waals surface area contributed by atoms with Gasteiger partial charge in [-0.3, -0.25) is 4.68 Å². The summed E-state index contributed by atoms with van der Waals surface area (Å²) >= 11 is 0. The molecule has 86 valence electrons. The van der Waals surface area contributed by atoms with Crippen molar-refractivity contribution in [1.29, 1.82) is 0 Å². The van der Waals surface area contributed by atoms with Crippen molar-refractivity contribution in [3.8, 4) is 0 Å². The van der Waals surface area contributed by atoms with Crippen LogP contribution in [0.1, 0.15) is 19.0 Å². The number of nitrogens with one attached hydrogen (secondary N) is 1. The average Bonchev–Trinajstić information content (AvgIpc) is 2.62. The molecule has 2 unspecified atom stereocenters. The molecule has 5 heteroatoms. The summed E-state index contributed by atoms with van der Waals surface area (Å²) in [5.41, 5.74) is 1.01. The number of aromatic nitrogens is 3. The van der Waals surface area contributed by atoms with Crippen LogP contribution in [0.5, 0.6) is 0 Å². The summed E-state index contributed by atoms with van der Waals surface area (Å²) in [4.78, 5) is 0. The van der Waals surface area contributed by atoms with Crippen molar-refractivity contribution < 1.29 is 4.74 Å². The lowest BCUT2D eigenvalue weighted by Gasteiger charge is -2.18. The number of methoxy groups -OCH3 is 1. The number of likely N-dealkylation sites (N-methyl/N-ethyl adjacent to an activating group) is 1. The third kappa shape index (κ3) is 3.97. The Balaban J connectivity index is 2.46. The summed E-state index contributed by atoms with van der Waals surface area (Å²) in [5, 5.41) is 11.2. The number of hydrogen-bond acceptors (Lipinski definition) is 4. The lowest BCUT2D eigenvalue weighted by Crippen LogP contribution is -2.31. The zero-order valence-electron chi connectivity index (χ0n) is 9.90. The van der Waals surface area contributed by atoms with Crippen molar-refractivity contribution in [1.82, 2.24) is 20.3 Å². The summed E-state index contributed by atoms with van der Waals surface area (Å²) in [6.45, 7) is 2.07. The van der Waals surface area contributed by atoms with Gasteiger partial charge in [-0.15, -0.1) is 5.10 Å². The molecular weight excluding hydrogens is 192 g/mol. The molecule has 0 fully saturated rings. The number of hydrogen-bond donors (Lipinski definition) is 1. The molecule has 1 rings (SSSR count). The van der Waals surface area contributed by atoms with Gasteiger partial charge in [-0.1, -0.05) is 5.21 Å². The van der Waals surface area contributed by atoms with Crippen molar-refractivity contribution >= 4 is 0 Å². The molecule has 0 aliphatic heterocycles. The second-order valence-electron chi connectivity index (χ2n) is 3.86. The number of rotatable bonds is 6. The Hall–Kier alpha value is -0.940. The fraction of sp³-hybridized carbons (Fsp3) is 0.800. The van der Waals surface area contributed by atoms with E-state index in [4.69, 9.17) is 4.74 Å². The molecule has 2 atom stereocenters. The maximum atomic E-state index is 5.24. The predicted molar refractivity (Wildman–Crippen MR) is 58.6 cm³/mol. The molecule has 0 aliphatic carbocycles. The largest absolute Gasteiger partial charge is 0.382 e. The van der Waals surface area contributed by atoms with Crippen LogP contribution in [-0.2, 0) is 18.2 Å². The summed E-state index contributed by atoms with van der Waals surface area (Å²) in [5.74, 6) is 0. The monoisotopic (exact) mass is 212 g/mol. The van der Waals surface area contributed by atoms with Gasteiger partial charge in [-0.25, -0.2) is 0 Å². The second-order valence-corrected chi connectivity index (χ2v) is 3.86. The smallest absolute Gasteiger partial charge is 0.0842 e. The highest BCUT2D eigenvalue weighted by molar-refractivity contribution is 4.95. The molecule has 1 heterocycles. The minimum Gasteiger partial charge on any atom is -0.382 e. The van der Waals surface area contributed by atoms with Crippen LogP contribution in [0, 0.1) is 0 Å². The molecule has 0 radical (unpaired) electrons. The summed E-state index contributed by atoms with van der Waals surface area (Å²) in [7, 11) is 5.58. The van der Waals surface area contributed by atoms with Crippen LogP contribution in [0.25, 0.3) is 0 Å². The minimum absolute atomic E-state index is 0.263. The molecule has 0 saturated heterocycles. The molecule has 0 saturated carbocycles. The quantitative estimate of drug-likeness (QED) is 0.740. The van der Waals surface area contributed by atoms with E-state index < -0.39 is 0 Å². The molecule has 0 spiro atoms. The van der Waals surface area contributed by atoms with Gasteiger partial charge < -0.3 is 10.1 Å². The maximum Gasteiger partial charge on any atom is 0.0842 e. The molecule has 0 bridgehead atoms. The number of nitrogens with zero attached hydrogens (tertiary/aromatic N) is 3. The Bertz CT molecular complexity index is 287. The van der Waals surface area contributed by atoms with Gasteiger partial charge >= 0.3 is 0 Å². The van der Waals surface area contributed by atoms with Crippen molar-refractivity contribution in [2.24, 2.45) is 7.05 Å². The molecule has 0 aliphatic rings. The van der Waals surface area contributed by atoms with Crippen LogP contribution < -0.4 is 5.32 Å². The SMILES string of the molecule is CNC(Cc1cn(C)nn1)CC(C)OC. The van der Waals surface area contributed by atoms with E-state index in [1.165, 1.54) is 0 Å². The molecular formula is C10H20N4O. The van der Waals surface area contributed by atoms with Gasteiger partial charge in [0.05, 0.1) is 11.8 Å². The Morgan fingerprint density at radius 2 is 2.33 bits per heavy atom. The van der Waals surface area contributed by atoms with Gasteiger partial charge in [-0.2, -0.15) is 0 Å². The first-order valence-corrected chi connectivity index (χ1v) is 5.21. The molecule has 1 aromatic heterocycles. The highest BCUT2D eigenvalue weighted by atomic mass is 16.5.